The Balaban J connectivity index is 2.48. The molecule has 0 fully saturated rings. The Bertz CT molecular complexity index is 1130. The summed E-state index contributed by atoms with van der Waals surface area (Å²) < 4.78 is 53.5. The number of halogens is 3. The highest BCUT2D eigenvalue weighted by molar-refractivity contribution is 6.05. The van der Waals surface area contributed by atoms with E-state index in [0.29, 0.717) is 0 Å². The van der Waals surface area contributed by atoms with Gasteiger partial charge in [-0.05, 0) is 60.6 Å². The zero-order valence-electron chi connectivity index (χ0n) is 24.2. The number of rotatable bonds is 9. The van der Waals surface area contributed by atoms with Crippen LogP contribution >= 0.6 is 0 Å². The summed E-state index contributed by atoms with van der Waals surface area (Å²) in [6.07, 6.45) is -5.41. The predicted molar refractivity (Wildman–Crippen MR) is 142 cm³/mol. The predicted octanol–water partition coefficient (Wildman–Crippen LogP) is 4.11. The smallest absolute Gasteiger partial charge is 0.417 e. The summed E-state index contributed by atoms with van der Waals surface area (Å²) in [5, 5.41) is 5.14. The molecule has 0 saturated heterocycles. The standard InChI is InChI=1S/C27H39F3N4O6/c1-9-21(35)31-10-13-34-19-14-17(18(27(28,29)30)15-20(19)39-26(7,8)23(34)37)22(36)33(16(2)3)12-11-32-24(38)40-25(4,5)6/h14-16H,9-13H2,1-8H3,(H,31,35)(H,32,38). The third kappa shape index (κ3) is 8.25. The van der Waals surface area contributed by atoms with Crippen LogP contribution in [0.5, 0.6) is 5.75 Å². The van der Waals surface area contributed by atoms with Crippen LogP contribution in [0, 0.1) is 0 Å². The van der Waals surface area contributed by atoms with Crippen LogP contribution in [-0.2, 0) is 20.5 Å². The lowest BCUT2D eigenvalue weighted by Gasteiger charge is -2.39. The molecule has 2 N–H and O–H groups in total. The van der Waals surface area contributed by atoms with Crippen LogP contribution in [0.15, 0.2) is 12.1 Å². The normalized spacial score (nSPS) is 14.8. The molecule has 13 heteroatoms. The second kappa shape index (κ2) is 12.3. The molecule has 40 heavy (non-hydrogen) atoms. The summed E-state index contributed by atoms with van der Waals surface area (Å²) >= 11 is 0. The zero-order valence-corrected chi connectivity index (χ0v) is 24.2. The number of ether oxygens (including phenoxy) is 2. The third-order valence-electron chi connectivity index (χ3n) is 5.93. The maximum atomic E-state index is 14.2. The van der Waals surface area contributed by atoms with E-state index in [1.807, 2.05) is 0 Å². The van der Waals surface area contributed by atoms with E-state index in [-0.39, 0.29) is 49.9 Å². The van der Waals surface area contributed by atoms with Crippen molar-refractivity contribution in [3.63, 3.8) is 0 Å². The van der Waals surface area contributed by atoms with E-state index in [0.717, 1.165) is 12.1 Å². The number of carbonyl (C=O) groups excluding carboxylic acids is 4. The maximum absolute atomic E-state index is 14.2. The van der Waals surface area contributed by atoms with Crippen LogP contribution in [0.25, 0.3) is 0 Å². The van der Waals surface area contributed by atoms with Gasteiger partial charge in [0.1, 0.15) is 11.4 Å². The van der Waals surface area contributed by atoms with Crippen molar-refractivity contribution in [2.45, 2.75) is 85.2 Å². The first-order chi connectivity index (χ1) is 18.3. The van der Waals surface area contributed by atoms with Crippen molar-refractivity contribution in [3.05, 3.63) is 23.3 Å². The number of anilines is 1. The summed E-state index contributed by atoms with van der Waals surface area (Å²) in [5.74, 6) is -1.94. The van der Waals surface area contributed by atoms with Gasteiger partial charge >= 0.3 is 12.3 Å². The van der Waals surface area contributed by atoms with Crippen molar-refractivity contribution in [2.75, 3.05) is 31.1 Å². The first-order valence-electron chi connectivity index (χ1n) is 13.1. The average Bonchev–Trinajstić information content (AvgIpc) is 2.80. The van der Waals surface area contributed by atoms with Gasteiger partial charge in [0.05, 0.1) is 16.8 Å². The van der Waals surface area contributed by atoms with Gasteiger partial charge in [-0.2, -0.15) is 13.2 Å². The van der Waals surface area contributed by atoms with E-state index in [4.69, 9.17) is 9.47 Å². The second-order valence-electron chi connectivity index (χ2n) is 11.2. The summed E-state index contributed by atoms with van der Waals surface area (Å²) in [4.78, 5) is 52.9. The first-order valence-corrected chi connectivity index (χ1v) is 13.1. The van der Waals surface area contributed by atoms with Gasteiger partial charge in [0.25, 0.3) is 11.8 Å². The van der Waals surface area contributed by atoms with Crippen molar-refractivity contribution in [1.29, 1.82) is 0 Å². The lowest BCUT2D eigenvalue weighted by molar-refractivity contribution is -0.138. The fraction of sp³-hybridized carbons (Fsp3) is 0.630. The molecule has 1 heterocycles. The molecule has 224 valence electrons. The largest absolute Gasteiger partial charge is 0.476 e. The highest BCUT2D eigenvalue weighted by Crippen LogP contribution is 2.44. The molecule has 1 aliphatic heterocycles. The highest BCUT2D eigenvalue weighted by atomic mass is 19.4. The first kappa shape index (κ1) is 32.7. The third-order valence-corrected chi connectivity index (χ3v) is 5.93. The number of benzene rings is 1. The number of amides is 4. The van der Waals surface area contributed by atoms with E-state index in [2.05, 4.69) is 10.6 Å². The topological polar surface area (TPSA) is 117 Å². The number of alkyl halides is 3. The van der Waals surface area contributed by atoms with Crippen LogP contribution in [0.2, 0.25) is 0 Å². The molecule has 2 rings (SSSR count). The number of alkyl carbamates (subject to hydrolysis) is 1. The Kier molecular flexibility index (Phi) is 10.1. The molecule has 4 amide bonds. The monoisotopic (exact) mass is 572 g/mol. The summed E-state index contributed by atoms with van der Waals surface area (Å²) in [6.45, 7) is 12.7. The van der Waals surface area contributed by atoms with Crippen LogP contribution in [0.3, 0.4) is 0 Å². The Morgan fingerprint density at radius 3 is 2.25 bits per heavy atom. The quantitative estimate of drug-likeness (QED) is 0.460. The molecule has 10 nitrogen and oxygen atoms in total. The zero-order chi connectivity index (χ0) is 30.6. The Labute approximate surface area is 232 Å². The molecule has 0 aliphatic carbocycles. The van der Waals surface area contributed by atoms with Crippen molar-refractivity contribution in [1.82, 2.24) is 15.5 Å². The molecule has 0 saturated carbocycles. The molecule has 1 aromatic carbocycles. The van der Waals surface area contributed by atoms with Gasteiger partial charge in [-0.3, -0.25) is 14.4 Å². The van der Waals surface area contributed by atoms with E-state index >= 15 is 0 Å². The lowest BCUT2D eigenvalue weighted by Crippen LogP contribution is -2.54. The average molecular weight is 573 g/mol. The molecule has 0 aromatic heterocycles. The fourth-order valence-corrected chi connectivity index (χ4v) is 4.02. The van der Waals surface area contributed by atoms with E-state index < -0.39 is 52.5 Å². The number of nitrogens with zero attached hydrogens (tertiary/aromatic N) is 2. The maximum Gasteiger partial charge on any atom is 0.417 e. The molecule has 0 bridgehead atoms. The number of hydrogen-bond donors (Lipinski definition) is 2. The highest BCUT2D eigenvalue weighted by Gasteiger charge is 2.44. The van der Waals surface area contributed by atoms with Crippen LogP contribution in [0.4, 0.5) is 23.7 Å². The van der Waals surface area contributed by atoms with Crippen LogP contribution in [-0.4, -0.2) is 72.1 Å². The fourth-order valence-electron chi connectivity index (χ4n) is 4.02. The van der Waals surface area contributed by atoms with Gasteiger partial charge in [-0.25, -0.2) is 4.79 Å². The SMILES string of the molecule is CCC(=O)NCCN1C(=O)C(C)(C)Oc2cc(C(F)(F)F)c(C(=O)N(CCNC(=O)OC(C)(C)C)C(C)C)cc21. The van der Waals surface area contributed by atoms with Gasteiger partial charge in [-0.1, -0.05) is 6.92 Å². The van der Waals surface area contributed by atoms with Crippen LogP contribution in [0.1, 0.15) is 77.7 Å². The molecule has 1 aliphatic rings. The van der Waals surface area contributed by atoms with Crippen molar-refractivity contribution < 1.29 is 41.8 Å². The van der Waals surface area contributed by atoms with Crippen molar-refractivity contribution in [2.24, 2.45) is 0 Å². The Morgan fingerprint density at radius 1 is 1.10 bits per heavy atom. The molecule has 1 aromatic rings. The number of fused-ring (bicyclic) bond motifs is 1. The molecular formula is C27H39F3N4O6. The minimum absolute atomic E-state index is 0.0120. The van der Waals surface area contributed by atoms with Gasteiger partial charge in [0.2, 0.25) is 5.91 Å². The van der Waals surface area contributed by atoms with Crippen molar-refractivity contribution in [3.8, 4) is 5.75 Å². The van der Waals surface area contributed by atoms with Gasteiger partial charge in [0.15, 0.2) is 5.60 Å². The molecule has 0 atom stereocenters. The molecule has 0 spiro atoms. The lowest BCUT2D eigenvalue weighted by atomic mass is 9.98. The van der Waals surface area contributed by atoms with Gasteiger partial charge in [-0.15, -0.1) is 0 Å². The minimum Gasteiger partial charge on any atom is -0.476 e. The number of nitrogens with one attached hydrogen (secondary N) is 2. The summed E-state index contributed by atoms with van der Waals surface area (Å²) in [6, 6.07) is 1.21. The molecular weight excluding hydrogens is 533 g/mol. The number of hydrogen-bond acceptors (Lipinski definition) is 6. The van der Waals surface area contributed by atoms with Gasteiger partial charge < -0.3 is 29.9 Å². The van der Waals surface area contributed by atoms with Gasteiger partial charge in [0, 0.05) is 38.6 Å². The van der Waals surface area contributed by atoms with Crippen LogP contribution < -0.4 is 20.3 Å². The Morgan fingerprint density at radius 2 is 1.73 bits per heavy atom. The molecule has 0 radical (unpaired) electrons. The summed E-state index contributed by atoms with van der Waals surface area (Å²) in [5.41, 5.74) is -4.13. The molecule has 0 unspecified atom stereocenters. The van der Waals surface area contributed by atoms with E-state index in [1.54, 1.807) is 41.5 Å². The second-order valence-corrected chi connectivity index (χ2v) is 11.2. The van der Waals surface area contributed by atoms with E-state index in [1.165, 1.54) is 23.6 Å². The summed E-state index contributed by atoms with van der Waals surface area (Å²) in [7, 11) is 0. The Hall–Kier alpha value is -3.51. The number of carbonyl (C=O) groups is 4. The van der Waals surface area contributed by atoms with E-state index in [9.17, 15) is 32.3 Å². The van der Waals surface area contributed by atoms with Crippen molar-refractivity contribution >= 4 is 29.5 Å². The minimum atomic E-state index is -4.91.